The van der Waals surface area contributed by atoms with Crippen LogP contribution in [0.3, 0.4) is 0 Å². The van der Waals surface area contributed by atoms with Gasteiger partial charge in [0, 0.05) is 73.4 Å². The Kier molecular flexibility index (Phi) is 9.55. The Labute approximate surface area is 273 Å². The van der Waals surface area contributed by atoms with Crippen LogP contribution >= 0.6 is 7.92 Å². The number of ether oxygens (including phenoxy) is 1. The molecule has 11 heteroatoms. The molecule has 0 saturated carbocycles. The Bertz CT molecular complexity index is 1770. The van der Waals surface area contributed by atoms with E-state index in [4.69, 9.17) is 9.72 Å². The molecule has 6 rings (SSSR count). The minimum atomic E-state index is -0.490. The van der Waals surface area contributed by atoms with Gasteiger partial charge in [-0.1, -0.05) is 13.8 Å². The van der Waals surface area contributed by atoms with Gasteiger partial charge in [-0.2, -0.15) is 4.98 Å². The smallest absolute Gasteiger partial charge is 0.229 e. The van der Waals surface area contributed by atoms with Gasteiger partial charge in [-0.3, -0.25) is 14.9 Å². The number of anilines is 5. The Hall–Kier alpha value is -4.03. The standard InChI is InChI=1S/C35H44N9OP/c1-8-9-24-20-38-35(41-34(24)39-28-11-10-27-32(33(28)46(6)7)37-15-14-36-27)40-29-18-23(2)30(19-31(29)45-5)43-16-12-25(13-17-43)44-21-26(22-44)42(3)4/h10-11,14-15,18-20,25-26H,12-13,16-17,21-22H2,1-7H3,(H2,38,39,40,41). The van der Waals surface area contributed by atoms with Crippen LogP contribution in [0.5, 0.6) is 5.75 Å². The first-order valence-electron chi connectivity index (χ1n) is 15.8. The first kappa shape index (κ1) is 31.9. The summed E-state index contributed by atoms with van der Waals surface area (Å²) in [6, 6.07) is 9.69. The van der Waals surface area contributed by atoms with E-state index in [0.29, 0.717) is 29.4 Å². The van der Waals surface area contributed by atoms with E-state index in [-0.39, 0.29) is 0 Å². The van der Waals surface area contributed by atoms with Crippen molar-refractivity contribution in [3.8, 4) is 17.6 Å². The number of nitrogens with zero attached hydrogens (tertiary/aromatic N) is 7. The van der Waals surface area contributed by atoms with Crippen LogP contribution in [-0.4, -0.2) is 103 Å². The van der Waals surface area contributed by atoms with Crippen LogP contribution in [0.25, 0.3) is 11.0 Å². The van der Waals surface area contributed by atoms with E-state index in [1.54, 1.807) is 25.7 Å². The van der Waals surface area contributed by atoms with Crippen molar-refractivity contribution in [1.82, 2.24) is 29.7 Å². The van der Waals surface area contributed by atoms with Gasteiger partial charge in [0.25, 0.3) is 0 Å². The molecule has 2 aliphatic heterocycles. The van der Waals surface area contributed by atoms with Gasteiger partial charge in [-0.15, -0.1) is 5.92 Å². The molecule has 2 aromatic carbocycles. The quantitative estimate of drug-likeness (QED) is 0.189. The molecule has 2 aliphatic rings. The van der Waals surface area contributed by atoms with Crippen LogP contribution in [0.15, 0.2) is 42.9 Å². The molecule has 0 unspecified atom stereocenters. The number of aromatic nitrogens is 4. The van der Waals surface area contributed by atoms with E-state index in [1.807, 2.05) is 19.1 Å². The Morgan fingerprint density at radius 1 is 1.00 bits per heavy atom. The fourth-order valence-electron chi connectivity index (χ4n) is 6.46. The first-order valence-corrected chi connectivity index (χ1v) is 18.1. The molecule has 2 fully saturated rings. The summed E-state index contributed by atoms with van der Waals surface area (Å²) in [5.41, 5.74) is 6.67. The van der Waals surface area contributed by atoms with Gasteiger partial charge in [0.15, 0.2) is 5.82 Å². The van der Waals surface area contributed by atoms with Gasteiger partial charge in [0.2, 0.25) is 5.95 Å². The zero-order valence-corrected chi connectivity index (χ0v) is 28.8. The van der Waals surface area contributed by atoms with Crippen molar-refractivity contribution in [2.24, 2.45) is 0 Å². The lowest BCUT2D eigenvalue weighted by atomic mass is 9.96. The van der Waals surface area contributed by atoms with Gasteiger partial charge >= 0.3 is 0 Å². The van der Waals surface area contributed by atoms with E-state index >= 15 is 0 Å². The maximum absolute atomic E-state index is 5.89. The topological polar surface area (TPSA) is 94.6 Å². The molecule has 0 radical (unpaired) electrons. The number of likely N-dealkylation sites (N-methyl/N-ethyl adjacent to an activating group) is 1. The molecular formula is C35H44N9OP. The molecule has 0 atom stereocenters. The third-order valence-corrected chi connectivity index (χ3v) is 10.4. The predicted octanol–water partition coefficient (Wildman–Crippen LogP) is 5.18. The number of fused-ring (bicyclic) bond motifs is 1. The third kappa shape index (κ3) is 6.59. The lowest BCUT2D eigenvalue weighted by Gasteiger charge is -2.49. The summed E-state index contributed by atoms with van der Waals surface area (Å²) in [6.07, 6.45) is 7.59. The van der Waals surface area contributed by atoms with Crippen molar-refractivity contribution in [2.75, 3.05) is 76.2 Å². The molecule has 2 saturated heterocycles. The molecular weight excluding hydrogens is 593 g/mol. The lowest BCUT2D eigenvalue weighted by molar-refractivity contribution is 0.0188. The van der Waals surface area contributed by atoms with Gasteiger partial charge in [-0.05, 0) is 77.9 Å². The SMILES string of the molecule is CC#Cc1cnc(Nc2cc(C)c(N3CCC(N4CC(N(C)C)C4)CC3)cc2OC)nc1Nc1ccc2nccnc2c1P(C)C. The molecule has 4 heterocycles. The molecule has 2 aromatic heterocycles. The minimum Gasteiger partial charge on any atom is -0.494 e. The number of aryl methyl sites for hydroxylation is 1. The summed E-state index contributed by atoms with van der Waals surface area (Å²) in [7, 11) is 5.59. The number of hydrogen-bond donors (Lipinski definition) is 2. The molecule has 0 bridgehead atoms. The second kappa shape index (κ2) is 13.8. The largest absolute Gasteiger partial charge is 0.494 e. The molecule has 240 valence electrons. The van der Waals surface area contributed by atoms with Gasteiger partial charge < -0.3 is 25.2 Å². The monoisotopic (exact) mass is 637 g/mol. The van der Waals surface area contributed by atoms with Crippen LogP contribution < -0.4 is 25.6 Å². The van der Waals surface area contributed by atoms with Crippen LogP contribution in [0.2, 0.25) is 0 Å². The zero-order chi connectivity index (χ0) is 32.4. The third-order valence-electron chi connectivity index (χ3n) is 9.07. The minimum absolute atomic E-state index is 0.457. The Balaban J connectivity index is 1.22. The summed E-state index contributed by atoms with van der Waals surface area (Å²) < 4.78 is 5.89. The lowest BCUT2D eigenvalue weighted by Crippen LogP contribution is -2.62. The van der Waals surface area contributed by atoms with E-state index < -0.39 is 7.92 Å². The van der Waals surface area contributed by atoms with Crippen molar-refractivity contribution in [1.29, 1.82) is 0 Å². The average molecular weight is 638 g/mol. The molecule has 10 nitrogen and oxygen atoms in total. The predicted molar refractivity (Wildman–Crippen MR) is 191 cm³/mol. The van der Waals surface area contributed by atoms with Crippen molar-refractivity contribution in [2.45, 2.75) is 38.8 Å². The molecule has 2 N–H and O–H groups in total. The second-order valence-corrected chi connectivity index (χ2v) is 14.7. The molecule has 46 heavy (non-hydrogen) atoms. The first-order chi connectivity index (χ1) is 22.2. The van der Waals surface area contributed by atoms with Crippen molar-refractivity contribution in [3.63, 3.8) is 0 Å². The average Bonchev–Trinajstić information content (AvgIpc) is 3.02. The Morgan fingerprint density at radius 2 is 1.76 bits per heavy atom. The summed E-state index contributed by atoms with van der Waals surface area (Å²) in [4.78, 5) is 26.2. The van der Waals surface area contributed by atoms with Crippen LogP contribution in [-0.2, 0) is 0 Å². The summed E-state index contributed by atoms with van der Waals surface area (Å²) in [6.45, 7) is 12.9. The number of benzene rings is 2. The maximum atomic E-state index is 5.89. The summed E-state index contributed by atoms with van der Waals surface area (Å²) in [5, 5.41) is 8.12. The van der Waals surface area contributed by atoms with Gasteiger partial charge in [0.1, 0.15) is 5.75 Å². The van der Waals surface area contributed by atoms with Gasteiger partial charge in [-0.25, -0.2) is 4.98 Å². The highest BCUT2D eigenvalue weighted by atomic mass is 31.1. The highest BCUT2D eigenvalue weighted by Gasteiger charge is 2.35. The number of hydrogen-bond acceptors (Lipinski definition) is 10. The van der Waals surface area contributed by atoms with E-state index in [9.17, 15) is 0 Å². The molecule has 4 aromatic rings. The fraction of sp³-hybridized carbons (Fsp3) is 0.429. The van der Waals surface area contributed by atoms with E-state index in [1.165, 1.54) is 37.2 Å². The number of methoxy groups -OCH3 is 1. The van der Waals surface area contributed by atoms with Crippen LogP contribution in [0, 0.1) is 18.8 Å². The van der Waals surface area contributed by atoms with E-state index in [0.717, 1.165) is 46.6 Å². The number of nitrogens with one attached hydrogen (secondary N) is 2. The van der Waals surface area contributed by atoms with Crippen molar-refractivity contribution < 1.29 is 4.74 Å². The second-order valence-electron chi connectivity index (χ2n) is 12.5. The van der Waals surface area contributed by atoms with Gasteiger partial charge in [0.05, 0.1) is 35.6 Å². The highest BCUT2D eigenvalue weighted by molar-refractivity contribution is 7.65. The van der Waals surface area contributed by atoms with Crippen LogP contribution in [0.4, 0.5) is 28.8 Å². The number of rotatable bonds is 9. The zero-order valence-electron chi connectivity index (χ0n) is 27.9. The summed E-state index contributed by atoms with van der Waals surface area (Å²) >= 11 is 0. The highest BCUT2D eigenvalue weighted by Crippen LogP contribution is 2.37. The fourth-order valence-corrected chi connectivity index (χ4v) is 7.66. The summed E-state index contributed by atoms with van der Waals surface area (Å²) in [5.74, 6) is 7.98. The van der Waals surface area contributed by atoms with Crippen LogP contribution in [0.1, 0.15) is 30.9 Å². The Morgan fingerprint density at radius 3 is 2.46 bits per heavy atom. The number of likely N-dealkylation sites (tertiary alicyclic amines) is 1. The maximum Gasteiger partial charge on any atom is 0.229 e. The molecule has 0 aliphatic carbocycles. The van der Waals surface area contributed by atoms with Crippen molar-refractivity contribution >= 4 is 53.1 Å². The molecule has 0 spiro atoms. The normalized spacial score (nSPS) is 16.0. The number of piperidine rings is 1. The van der Waals surface area contributed by atoms with E-state index in [2.05, 4.69) is 98.6 Å². The molecule has 0 amide bonds. The van der Waals surface area contributed by atoms with Crippen molar-refractivity contribution in [3.05, 3.63) is 54.0 Å².